The molecule has 0 bridgehead atoms. The average molecular weight is 438 g/mol. The number of ether oxygens (including phenoxy) is 4. The molecular weight excluding hydrogens is 416 g/mol. The topological polar surface area (TPSA) is 105 Å². The summed E-state index contributed by atoms with van der Waals surface area (Å²) in [5.41, 5.74) is 0.684. The molecule has 0 heterocycles. The molecule has 0 saturated carbocycles. The summed E-state index contributed by atoms with van der Waals surface area (Å²) in [5, 5.41) is 0. The van der Waals surface area contributed by atoms with E-state index in [4.69, 9.17) is 18.9 Å². The van der Waals surface area contributed by atoms with Crippen LogP contribution in [-0.4, -0.2) is 50.3 Å². The summed E-state index contributed by atoms with van der Waals surface area (Å²) in [7, 11) is 0. The van der Waals surface area contributed by atoms with Crippen molar-refractivity contribution < 1.29 is 38.1 Å². The lowest BCUT2D eigenvalue weighted by molar-refractivity contribution is 0.0265. The van der Waals surface area contributed by atoms with Crippen LogP contribution in [0.25, 0.3) is 0 Å². The third-order valence-electron chi connectivity index (χ3n) is 3.88. The van der Waals surface area contributed by atoms with Gasteiger partial charge in [0.05, 0.1) is 22.3 Å². The zero-order chi connectivity index (χ0) is 23.3. The molecule has 0 aliphatic rings. The van der Waals surface area contributed by atoms with Gasteiger partial charge in [0, 0.05) is 0 Å². The minimum atomic E-state index is -0.689. The molecule has 0 unspecified atom stereocenters. The van der Waals surface area contributed by atoms with Crippen LogP contribution in [0.1, 0.15) is 41.4 Å². The second-order valence-electron chi connectivity index (χ2n) is 6.21. The molecule has 0 N–H and O–H groups in total. The standard InChI is InChI=1S/C24H22O8/c1-3-11-29-21(25)17-7-5-9-19(15-17)23(27)31-13-14-32-24(28)20-10-6-8-18(16-20)22(26)30-12-4-2/h3-10,15-16H,1-2,11-14H2. The fraction of sp³-hybridized carbons (Fsp3) is 0.167. The zero-order valence-corrected chi connectivity index (χ0v) is 17.3. The summed E-state index contributed by atoms with van der Waals surface area (Å²) in [5.74, 6) is -2.56. The van der Waals surface area contributed by atoms with Gasteiger partial charge in [0.1, 0.15) is 26.4 Å². The van der Waals surface area contributed by atoms with Crippen LogP contribution in [0.2, 0.25) is 0 Å². The second-order valence-corrected chi connectivity index (χ2v) is 6.21. The largest absolute Gasteiger partial charge is 0.458 e. The van der Waals surface area contributed by atoms with E-state index in [1.165, 1.54) is 60.7 Å². The van der Waals surface area contributed by atoms with Crippen LogP contribution >= 0.6 is 0 Å². The molecule has 0 fully saturated rings. The Morgan fingerprint density at radius 3 is 1.22 bits per heavy atom. The number of rotatable bonds is 11. The minimum Gasteiger partial charge on any atom is -0.458 e. The van der Waals surface area contributed by atoms with Gasteiger partial charge in [0.15, 0.2) is 0 Å². The molecule has 0 radical (unpaired) electrons. The molecule has 0 aliphatic carbocycles. The van der Waals surface area contributed by atoms with Gasteiger partial charge in [-0.05, 0) is 36.4 Å². The molecular formula is C24H22O8. The highest BCUT2D eigenvalue weighted by molar-refractivity contribution is 5.96. The van der Waals surface area contributed by atoms with E-state index < -0.39 is 23.9 Å². The highest BCUT2D eigenvalue weighted by Crippen LogP contribution is 2.10. The fourth-order valence-electron chi connectivity index (χ4n) is 2.42. The molecule has 8 heteroatoms. The first-order valence-corrected chi connectivity index (χ1v) is 9.56. The minimum absolute atomic E-state index is 0.0534. The van der Waals surface area contributed by atoms with Gasteiger partial charge in [0.2, 0.25) is 0 Å². The van der Waals surface area contributed by atoms with Gasteiger partial charge in [-0.1, -0.05) is 37.4 Å². The maximum Gasteiger partial charge on any atom is 0.338 e. The van der Waals surface area contributed by atoms with Crippen molar-refractivity contribution in [3.05, 3.63) is 96.1 Å². The lowest BCUT2D eigenvalue weighted by Gasteiger charge is -2.08. The SMILES string of the molecule is C=CCOC(=O)c1cccc(C(=O)OCCOC(=O)c2cccc(C(=O)OCC=C)c2)c1. The van der Waals surface area contributed by atoms with Crippen molar-refractivity contribution in [2.45, 2.75) is 0 Å². The monoisotopic (exact) mass is 438 g/mol. The van der Waals surface area contributed by atoms with Crippen LogP contribution in [0.3, 0.4) is 0 Å². The average Bonchev–Trinajstić information content (AvgIpc) is 2.83. The van der Waals surface area contributed by atoms with E-state index in [2.05, 4.69) is 13.2 Å². The van der Waals surface area contributed by atoms with Gasteiger partial charge < -0.3 is 18.9 Å². The lowest BCUT2D eigenvalue weighted by Crippen LogP contribution is -2.15. The van der Waals surface area contributed by atoms with Gasteiger partial charge in [-0.2, -0.15) is 0 Å². The van der Waals surface area contributed by atoms with Gasteiger partial charge in [-0.15, -0.1) is 0 Å². The molecule has 32 heavy (non-hydrogen) atoms. The molecule has 166 valence electrons. The summed E-state index contributed by atoms with van der Waals surface area (Å²) < 4.78 is 20.0. The molecule has 0 amide bonds. The Balaban J connectivity index is 1.84. The molecule has 8 nitrogen and oxygen atoms in total. The number of hydrogen-bond acceptors (Lipinski definition) is 8. The third kappa shape index (κ3) is 7.24. The first kappa shape index (κ1) is 24.1. The molecule has 2 aromatic carbocycles. The summed E-state index contributed by atoms with van der Waals surface area (Å²) in [6.07, 6.45) is 2.87. The van der Waals surface area contributed by atoms with Gasteiger partial charge in [0.25, 0.3) is 0 Å². The van der Waals surface area contributed by atoms with Crippen molar-refractivity contribution in [2.24, 2.45) is 0 Å². The van der Waals surface area contributed by atoms with Gasteiger partial charge in [-0.3, -0.25) is 0 Å². The van der Waals surface area contributed by atoms with Crippen LogP contribution in [0.15, 0.2) is 73.8 Å². The third-order valence-corrected chi connectivity index (χ3v) is 3.88. The van der Waals surface area contributed by atoms with Crippen molar-refractivity contribution in [1.82, 2.24) is 0 Å². The number of esters is 4. The summed E-state index contributed by atoms with van der Waals surface area (Å²) in [6.45, 7) is 6.63. The molecule has 0 atom stereocenters. The lowest BCUT2D eigenvalue weighted by atomic mass is 10.1. The Kier molecular flexibility index (Phi) is 9.39. The highest BCUT2D eigenvalue weighted by Gasteiger charge is 2.14. The predicted molar refractivity (Wildman–Crippen MR) is 114 cm³/mol. The molecule has 0 aliphatic heterocycles. The van der Waals surface area contributed by atoms with Crippen molar-refractivity contribution in [2.75, 3.05) is 26.4 Å². The Morgan fingerprint density at radius 2 is 0.906 bits per heavy atom. The fourth-order valence-corrected chi connectivity index (χ4v) is 2.42. The van der Waals surface area contributed by atoms with Crippen LogP contribution in [-0.2, 0) is 18.9 Å². The Labute approximate surface area is 185 Å². The summed E-state index contributed by atoms with van der Waals surface area (Å²) in [4.78, 5) is 48.0. The zero-order valence-electron chi connectivity index (χ0n) is 17.3. The first-order valence-electron chi connectivity index (χ1n) is 9.56. The van der Waals surface area contributed by atoms with Crippen molar-refractivity contribution in [3.8, 4) is 0 Å². The van der Waals surface area contributed by atoms with E-state index in [9.17, 15) is 19.2 Å². The Bertz CT molecular complexity index is 927. The van der Waals surface area contributed by atoms with Gasteiger partial charge >= 0.3 is 23.9 Å². The van der Waals surface area contributed by atoms with Gasteiger partial charge in [-0.25, -0.2) is 19.2 Å². The van der Waals surface area contributed by atoms with E-state index in [0.717, 1.165) is 0 Å². The smallest absolute Gasteiger partial charge is 0.338 e. The van der Waals surface area contributed by atoms with Crippen molar-refractivity contribution in [3.63, 3.8) is 0 Å². The molecule has 2 aromatic rings. The number of hydrogen-bond donors (Lipinski definition) is 0. The quantitative estimate of drug-likeness (QED) is 0.228. The number of benzene rings is 2. The first-order chi connectivity index (χ1) is 15.5. The van der Waals surface area contributed by atoms with E-state index in [1.54, 1.807) is 0 Å². The Hall–Kier alpha value is -4.20. The maximum absolute atomic E-state index is 12.2. The highest BCUT2D eigenvalue weighted by atomic mass is 16.6. The normalized spacial score (nSPS) is 9.88. The molecule has 0 spiro atoms. The molecule has 0 aromatic heterocycles. The molecule has 0 saturated heterocycles. The van der Waals surface area contributed by atoms with E-state index >= 15 is 0 Å². The van der Waals surface area contributed by atoms with Crippen molar-refractivity contribution in [1.29, 1.82) is 0 Å². The second kappa shape index (κ2) is 12.5. The van der Waals surface area contributed by atoms with E-state index in [-0.39, 0.29) is 48.7 Å². The van der Waals surface area contributed by atoms with Crippen LogP contribution < -0.4 is 0 Å². The van der Waals surface area contributed by atoms with Crippen LogP contribution in [0.5, 0.6) is 0 Å². The maximum atomic E-state index is 12.2. The Morgan fingerprint density at radius 1 is 0.594 bits per heavy atom. The predicted octanol–water partition coefficient (Wildman–Crippen LogP) is 3.39. The number of carbonyl (C=O) groups is 4. The summed E-state index contributed by atoms with van der Waals surface area (Å²) >= 11 is 0. The van der Waals surface area contributed by atoms with E-state index in [1.807, 2.05) is 0 Å². The summed E-state index contributed by atoms with van der Waals surface area (Å²) in [6, 6.07) is 11.7. The molecule has 2 rings (SSSR count). The van der Waals surface area contributed by atoms with Crippen LogP contribution in [0, 0.1) is 0 Å². The van der Waals surface area contributed by atoms with Crippen molar-refractivity contribution >= 4 is 23.9 Å². The number of carbonyl (C=O) groups excluding carboxylic acids is 4. The van der Waals surface area contributed by atoms with Crippen LogP contribution in [0.4, 0.5) is 0 Å². The van der Waals surface area contributed by atoms with E-state index in [0.29, 0.717) is 0 Å².